The Balaban J connectivity index is 2.44. The number of aromatic nitrogens is 1. The van der Waals surface area contributed by atoms with Gasteiger partial charge in [0.05, 0.1) is 15.8 Å². The summed E-state index contributed by atoms with van der Waals surface area (Å²) in [6.45, 7) is 3.53. The van der Waals surface area contributed by atoms with Gasteiger partial charge in [-0.1, -0.05) is 18.7 Å². The van der Waals surface area contributed by atoms with Gasteiger partial charge in [0.25, 0.3) is 5.69 Å². The summed E-state index contributed by atoms with van der Waals surface area (Å²) < 4.78 is 4.85. The zero-order valence-corrected chi connectivity index (χ0v) is 9.91. The standard InChI is InChI=1S/C13H10N2O4/c1-2-8-19-13(16)11-7-6-9-10(14-11)4-3-5-12(9)15(17)18/h2-7H,1,8H2. The summed E-state index contributed by atoms with van der Waals surface area (Å²) in [6.07, 6.45) is 1.45. The average molecular weight is 258 g/mol. The van der Waals surface area contributed by atoms with E-state index in [2.05, 4.69) is 11.6 Å². The number of hydrogen-bond donors (Lipinski definition) is 0. The Labute approximate surface area is 108 Å². The smallest absolute Gasteiger partial charge is 0.357 e. The molecule has 0 atom stereocenters. The molecule has 0 saturated carbocycles. The molecule has 0 spiro atoms. The molecule has 1 aromatic heterocycles. The lowest BCUT2D eigenvalue weighted by Gasteiger charge is -2.03. The summed E-state index contributed by atoms with van der Waals surface area (Å²) in [7, 11) is 0. The fourth-order valence-corrected chi connectivity index (χ4v) is 1.62. The predicted molar refractivity (Wildman–Crippen MR) is 68.9 cm³/mol. The van der Waals surface area contributed by atoms with E-state index in [1.54, 1.807) is 6.07 Å². The van der Waals surface area contributed by atoms with Crippen molar-refractivity contribution in [1.29, 1.82) is 0 Å². The normalized spacial score (nSPS) is 10.1. The Morgan fingerprint density at radius 2 is 2.21 bits per heavy atom. The second-order valence-corrected chi connectivity index (χ2v) is 3.68. The first kappa shape index (κ1) is 12.7. The van der Waals surface area contributed by atoms with Crippen LogP contribution < -0.4 is 0 Å². The summed E-state index contributed by atoms with van der Waals surface area (Å²) in [5.74, 6) is -0.590. The molecule has 0 saturated heterocycles. The largest absolute Gasteiger partial charge is 0.457 e. The molecule has 2 rings (SSSR count). The van der Waals surface area contributed by atoms with Gasteiger partial charge >= 0.3 is 5.97 Å². The second kappa shape index (κ2) is 5.26. The van der Waals surface area contributed by atoms with Crippen LogP contribution in [0.25, 0.3) is 10.9 Å². The quantitative estimate of drug-likeness (QED) is 0.364. The van der Waals surface area contributed by atoms with Gasteiger partial charge in [-0.2, -0.15) is 0 Å². The fourth-order valence-electron chi connectivity index (χ4n) is 1.62. The fraction of sp³-hybridized carbons (Fsp3) is 0.0769. The molecular weight excluding hydrogens is 248 g/mol. The molecule has 0 aliphatic rings. The lowest BCUT2D eigenvalue weighted by atomic mass is 10.1. The zero-order valence-electron chi connectivity index (χ0n) is 9.91. The van der Waals surface area contributed by atoms with Crippen molar-refractivity contribution in [3.63, 3.8) is 0 Å². The number of nitrogens with zero attached hydrogens (tertiary/aromatic N) is 2. The van der Waals surface area contributed by atoms with Crippen molar-refractivity contribution in [3.05, 3.63) is 58.8 Å². The van der Waals surface area contributed by atoms with Gasteiger partial charge in [0.1, 0.15) is 12.3 Å². The summed E-state index contributed by atoms with van der Waals surface area (Å²) in [4.78, 5) is 26.0. The molecule has 0 unspecified atom stereocenters. The molecule has 0 amide bonds. The van der Waals surface area contributed by atoms with Crippen LogP contribution in [0.3, 0.4) is 0 Å². The molecule has 2 aromatic rings. The topological polar surface area (TPSA) is 82.3 Å². The summed E-state index contributed by atoms with van der Waals surface area (Å²) in [5, 5.41) is 11.2. The highest BCUT2D eigenvalue weighted by Gasteiger charge is 2.14. The first-order valence-corrected chi connectivity index (χ1v) is 5.45. The van der Waals surface area contributed by atoms with Crippen molar-refractivity contribution in [2.75, 3.05) is 6.61 Å². The Hall–Kier alpha value is -2.76. The van der Waals surface area contributed by atoms with Gasteiger partial charge in [-0.15, -0.1) is 0 Å². The molecule has 1 heterocycles. The van der Waals surface area contributed by atoms with E-state index >= 15 is 0 Å². The molecule has 0 fully saturated rings. The third-order valence-corrected chi connectivity index (χ3v) is 2.45. The third kappa shape index (κ3) is 2.57. The molecule has 0 radical (unpaired) electrons. The Kier molecular flexibility index (Phi) is 3.51. The first-order chi connectivity index (χ1) is 9.13. The third-order valence-electron chi connectivity index (χ3n) is 2.45. The van der Waals surface area contributed by atoms with Crippen LogP contribution >= 0.6 is 0 Å². The maximum Gasteiger partial charge on any atom is 0.357 e. The van der Waals surface area contributed by atoms with Crippen molar-refractivity contribution in [3.8, 4) is 0 Å². The lowest BCUT2D eigenvalue weighted by molar-refractivity contribution is -0.383. The van der Waals surface area contributed by atoms with Crippen molar-refractivity contribution < 1.29 is 14.5 Å². The van der Waals surface area contributed by atoms with Crippen LogP contribution in [-0.4, -0.2) is 22.5 Å². The molecule has 1 aromatic carbocycles. The van der Waals surface area contributed by atoms with E-state index in [4.69, 9.17) is 4.74 Å². The van der Waals surface area contributed by atoms with Crippen molar-refractivity contribution >= 4 is 22.6 Å². The Morgan fingerprint density at radius 3 is 2.89 bits per heavy atom. The summed E-state index contributed by atoms with van der Waals surface area (Å²) in [6, 6.07) is 7.41. The number of non-ortho nitro benzene ring substituents is 1. The van der Waals surface area contributed by atoms with E-state index < -0.39 is 10.9 Å². The van der Waals surface area contributed by atoms with Gasteiger partial charge in [-0.25, -0.2) is 9.78 Å². The van der Waals surface area contributed by atoms with E-state index in [0.717, 1.165) is 0 Å². The molecule has 0 N–H and O–H groups in total. The lowest BCUT2D eigenvalue weighted by Crippen LogP contribution is -2.07. The van der Waals surface area contributed by atoms with Crippen molar-refractivity contribution in [2.45, 2.75) is 0 Å². The number of benzene rings is 1. The Bertz CT molecular complexity index is 667. The summed E-state index contributed by atoms with van der Waals surface area (Å²) >= 11 is 0. The maximum absolute atomic E-state index is 11.6. The van der Waals surface area contributed by atoms with Crippen LogP contribution in [0.2, 0.25) is 0 Å². The molecule has 0 aliphatic carbocycles. The number of esters is 1. The maximum atomic E-state index is 11.6. The first-order valence-electron chi connectivity index (χ1n) is 5.45. The van der Waals surface area contributed by atoms with Crippen LogP contribution in [0.15, 0.2) is 43.0 Å². The van der Waals surface area contributed by atoms with Gasteiger partial charge in [-0.05, 0) is 18.2 Å². The van der Waals surface area contributed by atoms with Gasteiger partial charge in [0.2, 0.25) is 0 Å². The summed E-state index contributed by atoms with van der Waals surface area (Å²) in [5.41, 5.74) is 0.438. The van der Waals surface area contributed by atoms with E-state index in [9.17, 15) is 14.9 Å². The van der Waals surface area contributed by atoms with E-state index in [1.165, 1.54) is 30.3 Å². The number of nitro groups is 1. The minimum Gasteiger partial charge on any atom is -0.457 e. The number of rotatable bonds is 4. The predicted octanol–water partition coefficient (Wildman–Crippen LogP) is 2.49. The van der Waals surface area contributed by atoms with E-state index in [1.807, 2.05) is 0 Å². The van der Waals surface area contributed by atoms with Gasteiger partial charge in [0.15, 0.2) is 0 Å². The molecule has 19 heavy (non-hydrogen) atoms. The number of nitro benzene ring substituents is 1. The zero-order chi connectivity index (χ0) is 13.8. The highest BCUT2D eigenvalue weighted by Crippen LogP contribution is 2.24. The van der Waals surface area contributed by atoms with Crippen LogP contribution in [0, 0.1) is 10.1 Å². The molecule has 6 nitrogen and oxygen atoms in total. The molecule has 0 aliphatic heterocycles. The highest BCUT2D eigenvalue weighted by molar-refractivity contribution is 5.94. The van der Waals surface area contributed by atoms with Crippen LogP contribution in [0.4, 0.5) is 5.69 Å². The second-order valence-electron chi connectivity index (χ2n) is 3.68. The Morgan fingerprint density at radius 1 is 1.42 bits per heavy atom. The van der Waals surface area contributed by atoms with Gasteiger partial charge in [-0.3, -0.25) is 10.1 Å². The van der Waals surface area contributed by atoms with Crippen LogP contribution in [0.5, 0.6) is 0 Å². The molecule has 96 valence electrons. The molecule has 6 heteroatoms. The average Bonchev–Trinajstić information content (AvgIpc) is 2.43. The van der Waals surface area contributed by atoms with E-state index in [-0.39, 0.29) is 18.0 Å². The molecule has 0 bridgehead atoms. The van der Waals surface area contributed by atoms with Crippen LogP contribution in [0.1, 0.15) is 10.5 Å². The number of fused-ring (bicyclic) bond motifs is 1. The number of pyridine rings is 1. The SMILES string of the molecule is C=CCOC(=O)c1ccc2c([N+](=O)[O-])cccc2n1. The van der Waals surface area contributed by atoms with Crippen molar-refractivity contribution in [1.82, 2.24) is 4.98 Å². The number of carbonyl (C=O) groups is 1. The minimum atomic E-state index is -0.590. The van der Waals surface area contributed by atoms with Crippen molar-refractivity contribution in [2.24, 2.45) is 0 Å². The minimum absolute atomic E-state index is 0.0454. The monoisotopic (exact) mass is 258 g/mol. The van der Waals surface area contributed by atoms with Gasteiger partial charge in [0, 0.05) is 6.07 Å². The van der Waals surface area contributed by atoms with Crippen LogP contribution in [-0.2, 0) is 4.74 Å². The number of hydrogen-bond acceptors (Lipinski definition) is 5. The number of ether oxygens (including phenoxy) is 1. The number of carbonyl (C=O) groups excluding carboxylic acids is 1. The molecular formula is C13H10N2O4. The van der Waals surface area contributed by atoms with E-state index in [0.29, 0.717) is 10.9 Å². The highest BCUT2D eigenvalue weighted by atomic mass is 16.6. The van der Waals surface area contributed by atoms with Gasteiger partial charge < -0.3 is 4.74 Å².